The second-order valence-corrected chi connectivity index (χ2v) is 1.62. The molecular weight excluding hydrogens is 128 g/mol. The average Bonchev–Trinajstić information content (AvgIpc) is 1.90. The highest BCUT2D eigenvalue weighted by atomic mass is 15.2. The predicted octanol–water partition coefficient (Wildman–Crippen LogP) is 0.0425. The van der Waals surface area contributed by atoms with Gasteiger partial charge in [0.25, 0.3) is 0 Å². The maximum Gasteiger partial charge on any atom is 0.209 e. The summed E-state index contributed by atoms with van der Waals surface area (Å²) in [6.07, 6.45) is 1.70. The molecule has 0 fully saturated rings. The van der Waals surface area contributed by atoms with Crippen molar-refractivity contribution in [2.75, 3.05) is 13.1 Å². The van der Waals surface area contributed by atoms with Gasteiger partial charge in [-0.05, 0) is 13.8 Å². The van der Waals surface area contributed by atoms with Gasteiger partial charge in [0.05, 0.1) is 0 Å². The van der Waals surface area contributed by atoms with Gasteiger partial charge < -0.3 is 10.6 Å². The largest absolute Gasteiger partial charge is 0.356 e. The lowest BCUT2D eigenvalue weighted by molar-refractivity contribution is 0.860. The smallest absolute Gasteiger partial charge is 0.209 e. The molecule has 0 aromatic rings. The number of guanidine groups is 1. The minimum atomic E-state index is 0.549. The zero-order valence-corrected chi connectivity index (χ0v) is 6.31. The molecule has 0 rings (SSSR count). The molecule has 0 aromatic carbocycles. The lowest BCUT2D eigenvalue weighted by atomic mass is 10.7. The topological polar surface area (TPSA) is 60.2 Å². The number of rotatable bonds is 2. The van der Waals surface area contributed by atoms with Crippen LogP contribution in [0.2, 0.25) is 0 Å². The van der Waals surface area contributed by atoms with Gasteiger partial charge >= 0.3 is 0 Å². The Labute approximate surface area is 61.0 Å². The summed E-state index contributed by atoms with van der Waals surface area (Å²) in [7, 11) is 0. The van der Waals surface area contributed by atoms with Gasteiger partial charge in [0, 0.05) is 13.1 Å². The van der Waals surface area contributed by atoms with E-state index in [9.17, 15) is 0 Å². The second kappa shape index (κ2) is 5.89. The van der Waals surface area contributed by atoms with Gasteiger partial charge in [-0.15, -0.1) is 4.99 Å². The predicted molar refractivity (Wildman–Crippen MR) is 40.4 cm³/mol. The number of nitrogens with zero attached hydrogens (tertiary/aromatic N) is 2. The molecule has 4 nitrogen and oxygen atoms in total. The maximum absolute atomic E-state index is 8.17. The van der Waals surface area contributed by atoms with E-state index in [0.29, 0.717) is 5.96 Å². The summed E-state index contributed by atoms with van der Waals surface area (Å²) < 4.78 is 0. The van der Waals surface area contributed by atoms with Gasteiger partial charge in [-0.25, -0.2) is 0 Å². The van der Waals surface area contributed by atoms with Crippen LogP contribution < -0.4 is 10.6 Å². The fourth-order valence-electron chi connectivity index (χ4n) is 0.526. The minimum Gasteiger partial charge on any atom is -0.356 e. The first kappa shape index (κ1) is 8.76. The highest BCUT2D eigenvalue weighted by molar-refractivity contribution is 5.80. The Hall–Kier alpha value is -1.24. The molecule has 0 aliphatic rings. The number of nitriles is 1. The minimum absolute atomic E-state index is 0.549. The van der Waals surface area contributed by atoms with E-state index in [1.807, 2.05) is 13.8 Å². The average molecular weight is 140 g/mol. The summed E-state index contributed by atoms with van der Waals surface area (Å²) in [6.45, 7) is 5.44. The van der Waals surface area contributed by atoms with E-state index in [4.69, 9.17) is 5.26 Å². The van der Waals surface area contributed by atoms with Crippen LogP contribution in [0.3, 0.4) is 0 Å². The highest BCUT2D eigenvalue weighted by Crippen LogP contribution is 1.66. The first-order valence-electron chi connectivity index (χ1n) is 3.29. The summed E-state index contributed by atoms with van der Waals surface area (Å²) in [4.78, 5) is 3.50. The third-order valence-electron chi connectivity index (χ3n) is 0.850. The molecule has 0 heterocycles. The normalized spacial score (nSPS) is 7.70. The first-order chi connectivity index (χ1) is 4.85. The Kier molecular flexibility index (Phi) is 5.16. The van der Waals surface area contributed by atoms with Crippen LogP contribution in [-0.2, 0) is 0 Å². The molecule has 0 aromatic heterocycles. The zero-order chi connectivity index (χ0) is 7.82. The Balaban J connectivity index is 3.75. The third-order valence-corrected chi connectivity index (χ3v) is 0.850. The number of nitrogens with one attached hydrogen (secondary N) is 2. The van der Waals surface area contributed by atoms with E-state index in [1.54, 1.807) is 6.19 Å². The Morgan fingerprint density at radius 3 is 2.20 bits per heavy atom. The quantitative estimate of drug-likeness (QED) is 0.323. The molecule has 0 atom stereocenters. The fraction of sp³-hybridized carbons (Fsp3) is 0.667. The molecule has 0 amide bonds. The Morgan fingerprint density at radius 1 is 1.40 bits per heavy atom. The van der Waals surface area contributed by atoms with Crippen molar-refractivity contribution in [3.8, 4) is 6.19 Å². The van der Waals surface area contributed by atoms with E-state index in [0.717, 1.165) is 13.1 Å². The fourth-order valence-corrected chi connectivity index (χ4v) is 0.526. The van der Waals surface area contributed by atoms with Gasteiger partial charge in [0.1, 0.15) is 0 Å². The Bertz CT molecular complexity index is 136. The molecule has 10 heavy (non-hydrogen) atoms. The SMILES string of the molecule is CCNC(=NC#N)NCC. The summed E-state index contributed by atoms with van der Waals surface area (Å²) in [5, 5.41) is 14.0. The molecule has 0 saturated carbocycles. The van der Waals surface area contributed by atoms with E-state index >= 15 is 0 Å². The molecular formula is C6H12N4. The molecule has 0 aliphatic heterocycles. The van der Waals surface area contributed by atoms with Crippen molar-refractivity contribution in [2.45, 2.75) is 13.8 Å². The van der Waals surface area contributed by atoms with Crippen molar-refractivity contribution in [1.29, 1.82) is 5.26 Å². The lowest BCUT2D eigenvalue weighted by Crippen LogP contribution is -2.36. The molecule has 0 bridgehead atoms. The van der Waals surface area contributed by atoms with E-state index in [1.165, 1.54) is 0 Å². The van der Waals surface area contributed by atoms with Crippen LogP contribution >= 0.6 is 0 Å². The van der Waals surface area contributed by atoms with Crippen molar-refractivity contribution < 1.29 is 0 Å². The van der Waals surface area contributed by atoms with Crippen LogP contribution in [-0.4, -0.2) is 19.0 Å². The summed E-state index contributed by atoms with van der Waals surface area (Å²) in [5.74, 6) is 0.549. The van der Waals surface area contributed by atoms with E-state index in [-0.39, 0.29) is 0 Å². The van der Waals surface area contributed by atoms with Gasteiger partial charge in [-0.3, -0.25) is 0 Å². The molecule has 2 N–H and O–H groups in total. The van der Waals surface area contributed by atoms with Gasteiger partial charge in [-0.1, -0.05) is 0 Å². The molecule has 4 heteroatoms. The molecule has 56 valence electrons. The number of hydrogen-bond donors (Lipinski definition) is 2. The van der Waals surface area contributed by atoms with Crippen molar-refractivity contribution in [3.63, 3.8) is 0 Å². The maximum atomic E-state index is 8.17. The highest BCUT2D eigenvalue weighted by Gasteiger charge is 1.90. The molecule has 0 spiro atoms. The first-order valence-corrected chi connectivity index (χ1v) is 3.29. The van der Waals surface area contributed by atoms with Crippen LogP contribution in [0.5, 0.6) is 0 Å². The third kappa shape index (κ3) is 3.72. The number of aliphatic imine (C=N–C) groups is 1. The van der Waals surface area contributed by atoms with Crippen molar-refractivity contribution >= 4 is 5.96 Å². The molecule has 0 radical (unpaired) electrons. The molecule has 0 saturated heterocycles. The van der Waals surface area contributed by atoms with Gasteiger partial charge in [0.2, 0.25) is 12.2 Å². The van der Waals surface area contributed by atoms with Crippen LogP contribution in [0, 0.1) is 11.5 Å². The lowest BCUT2D eigenvalue weighted by Gasteiger charge is -2.05. The van der Waals surface area contributed by atoms with E-state index < -0.39 is 0 Å². The van der Waals surface area contributed by atoms with Gasteiger partial charge in [-0.2, -0.15) is 5.26 Å². The second-order valence-electron chi connectivity index (χ2n) is 1.62. The summed E-state index contributed by atoms with van der Waals surface area (Å²) >= 11 is 0. The monoisotopic (exact) mass is 140 g/mol. The molecule has 0 unspecified atom stereocenters. The standard InChI is InChI=1S/C6H12N4/c1-3-8-6(9-4-2)10-5-7/h3-4H2,1-2H3,(H2,8,9,10). The van der Waals surface area contributed by atoms with Crippen LogP contribution in [0.1, 0.15) is 13.8 Å². The number of hydrogen-bond acceptors (Lipinski definition) is 2. The zero-order valence-electron chi connectivity index (χ0n) is 6.31. The summed E-state index contributed by atoms with van der Waals surface area (Å²) in [6, 6.07) is 0. The van der Waals surface area contributed by atoms with Gasteiger partial charge in [0.15, 0.2) is 0 Å². The van der Waals surface area contributed by atoms with Crippen LogP contribution in [0.25, 0.3) is 0 Å². The van der Waals surface area contributed by atoms with Crippen molar-refractivity contribution in [3.05, 3.63) is 0 Å². The van der Waals surface area contributed by atoms with Crippen molar-refractivity contribution in [2.24, 2.45) is 4.99 Å². The van der Waals surface area contributed by atoms with Crippen LogP contribution in [0.15, 0.2) is 4.99 Å². The molecule has 0 aliphatic carbocycles. The summed E-state index contributed by atoms with van der Waals surface area (Å²) in [5.41, 5.74) is 0. The Morgan fingerprint density at radius 2 is 1.90 bits per heavy atom. The van der Waals surface area contributed by atoms with E-state index in [2.05, 4.69) is 15.6 Å². The van der Waals surface area contributed by atoms with Crippen molar-refractivity contribution in [1.82, 2.24) is 10.6 Å². The van der Waals surface area contributed by atoms with Crippen LogP contribution in [0.4, 0.5) is 0 Å².